The van der Waals surface area contributed by atoms with E-state index < -0.39 is 5.82 Å². The Morgan fingerprint density at radius 1 is 1.09 bits per heavy atom. The first kappa shape index (κ1) is 23.4. The van der Waals surface area contributed by atoms with Gasteiger partial charge in [0.25, 0.3) is 5.91 Å². The zero-order valence-corrected chi connectivity index (χ0v) is 19.4. The summed E-state index contributed by atoms with van der Waals surface area (Å²) in [5, 5.41) is 0.465. The van der Waals surface area contributed by atoms with E-state index in [9.17, 15) is 9.18 Å². The number of para-hydroxylation sites is 3. The van der Waals surface area contributed by atoms with Crippen molar-refractivity contribution in [2.75, 3.05) is 44.3 Å². The van der Waals surface area contributed by atoms with Gasteiger partial charge in [-0.1, -0.05) is 29.5 Å². The van der Waals surface area contributed by atoms with Gasteiger partial charge in [0.15, 0.2) is 5.13 Å². The van der Waals surface area contributed by atoms with Crippen LogP contribution in [0.25, 0.3) is 21.3 Å². The number of nitrogens with zero attached hydrogens (tertiary/aromatic N) is 5. The molecule has 33 heavy (non-hydrogen) atoms. The molecule has 0 unspecified atom stereocenters. The summed E-state index contributed by atoms with van der Waals surface area (Å²) in [5.41, 5.74) is 1.91. The molecule has 4 aromatic rings. The normalized spacial score (nSPS) is 14.3. The number of fused-ring (bicyclic) bond motifs is 2. The van der Waals surface area contributed by atoms with E-state index in [4.69, 9.17) is 4.74 Å². The molecule has 0 saturated carbocycles. The van der Waals surface area contributed by atoms with Gasteiger partial charge in [0.05, 0.1) is 35.1 Å². The van der Waals surface area contributed by atoms with Crippen LogP contribution in [0, 0.1) is 5.82 Å². The van der Waals surface area contributed by atoms with Gasteiger partial charge in [-0.3, -0.25) is 19.6 Å². The molecular weight excluding hydrogens is 465 g/mol. The number of morpholine rings is 1. The van der Waals surface area contributed by atoms with Crippen LogP contribution in [0.4, 0.5) is 9.52 Å². The molecule has 1 amide bonds. The number of thiazole rings is 1. The molecule has 1 fully saturated rings. The zero-order valence-electron chi connectivity index (χ0n) is 17.8. The fourth-order valence-corrected chi connectivity index (χ4v) is 4.78. The molecule has 0 spiro atoms. The van der Waals surface area contributed by atoms with Crippen molar-refractivity contribution in [1.29, 1.82) is 0 Å². The van der Waals surface area contributed by atoms with Crippen molar-refractivity contribution in [3.05, 3.63) is 60.2 Å². The van der Waals surface area contributed by atoms with Gasteiger partial charge < -0.3 is 4.74 Å². The van der Waals surface area contributed by atoms with Crippen LogP contribution in [0.5, 0.6) is 0 Å². The third kappa shape index (κ3) is 5.11. The Morgan fingerprint density at radius 3 is 2.67 bits per heavy atom. The van der Waals surface area contributed by atoms with Gasteiger partial charge in [-0.2, -0.15) is 0 Å². The van der Waals surface area contributed by atoms with Crippen molar-refractivity contribution in [2.45, 2.75) is 6.42 Å². The SMILES string of the molecule is Cl.O=C(c1cnc2ccccc2n1)N(CCCN1CCOCC1)c1nc2c(F)cccc2s1. The molecule has 0 atom stereocenters. The maximum Gasteiger partial charge on any atom is 0.280 e. The third-order valence-electron chi connectivity index (χ3n) is 5.46. The average Bonchev–Trinajstić information content (AvgIpc) is 3.27. The van der Waals surface area contributed by atoms with Crippen molar-refractivity contribution < 1.29 is 13.9 Å². The monoisotopic (exact) mass is 487 g/mol. The number of hydrogen-bond donors (Lipinski definition) is 0. The van der Waals surface area contributed by atoms with Crippen molar-refractivity contribution in [3.8, 4) is 0 Å². The van der Waals surface area contributed by atoms with Crippen molar-refractivity contribution in [3.63, 3.8) is 0 Å². The van der Waals surface area contributed by atoms with E-state index in [0.29, 0.717) is 21.9 Å². The Morgan fingerprint density at radius 2 is 1.88 bits per heavy atom. The Balaban J connectivity index is 0.00000259. The van der Waals surface area contributed by atoms with Crippen molar-refractivity contribution in [1.82, 2.24) is 19.9 Å². The van der Waals surface area contributed by atoms with E-state index in [-0.39, 0.29) is 29.5 Å². The summed E-state index contributed by atoms with van der Waals surface area (Å²) in [6.07, 6.45) is 2.25. The summed E-state index contributed by atoms with van der Waals surface area (Å²) in [6.45, 7) is 4.52. The highest BCUT2D eigenvalue weighted by Gasteiger charge is 2.24. The molecule has 0 aliphatic carbocycles. The summed E-state index contributed by atoms with van der Waals surface area (Å²) in [5.74, 6) is -0.680. The molecule has 5 rings (SSSR count). The Bertz CT molecular complexity index is 1260. The zero-order chi connectivity index (χ0) is 21.9. The lowest BCUT2D eigenvalue weighted by atomic mass is 10.2. The molecule has 7 nitrogen and oxygen atoms in total. The van der Waals surface area contributed by atoms with Crippen LogP contribution in [0.1, 0.15) is 16.9 Å². The molecule has 0 bridgehead atoms. The van der Waals surface area contributed by atoms with Crippen LogP contribution >= 0.6 is 23.7 Å². The first-order chi connectivity index (χ1) is 15.7. The number of anilines is 1. The van der Waals surface area contributed by atoms with Crippen LogP contribution in [0.15, 0.2) is 48.7 Å². The van der Waals surface area contributed by atoms with Gasteiger partial charge in [-0.15, -0.1) is 12.4 Å². The quantitative estimate of drug-likeness (QED) is 0.406. The fraction of sp³-hybridized carbons (Fsp3) is 0.304. The Labute approximate surface area is 200 Å². The predicted octanol–water partition coefficient (Wildman–Crippen LogP) is 4.17. The first-order valence-corrected chi connectivity index (χ1v) is 11.4. The minimum absolute atomic E-state index is 0. The van der Waals surface area contributed by atoms with Crippen molar-refractivity contribution >= 4 is 56.0 Å². The summed E-state index contributed by atoms with van der Waals surface area (Å²) >= 11 is 1.30. The van der Waals surface area contributed by atoms with Gasteiger partial charge in [0.2, 0.25) is 0 Å². The number of ether oxygens (including phenoxy) is 1. The van der Waals surface area contributed by atoms with Crippen LogP contribution in [0.3, 0.4) is 0 Å². The standard InChI is InChI=1S/C23H22FN5O2S.ClH/c24-16-5-3-8-20-21(16)27-23(32-20)29(10-4-9-28-11-13-31-14-12-28)22(30)19-15-25-17-6-1-2-7-18(17)26-19;/h1-3,5-8,15H,4,9-14H2;1H. The van der Waals surface area contributed by atoms with Gasteiger partial charge in [0, 0.05) is 26.2 Å². The lowest BCUT2D eigenvalue weighted by Gasteiger charge is -2.27. The summed E-state index contributed by atoms with van der Waals surface area (Å²) in [4.78, 5) is 30.8. The first-order valence-electron chi connectivity index (χ1n) is 10.6. The number of carbonyl (C=O) groups is 1. The average molecular weight is 488 g/mol. The van der Waals surface area contributed by atoms with Crippen LogP contribution in [-0.2, 0) is 4.74 Å². The van der Waals surface area contributed by atoms with E-state index in [1.165, 1.54) is 23.6 Å². The molecule has 0 N–H and O–H groups in total. The summed E-state index contributed by atoms with van der Waals surface area (Å²) in [6, 6.07) is 12.3. The largest absolute Gasteiger partial charge is 0.379 e. The van der Waals surface area contributed by atoms with E-state index in [2.05, 4.69) is 19.9 Å². The number of hydrogen-bond acceptors (Lipinski definition) is 7. The molecule has 1 aliphatic rings. The lowest BCUT2D eigenvalue weighted by Crippen LogP contribution is -2.39. The van der Waals surface area contributed by atoms with Crippen molar-refractivity contribution in [2.24, 2.45) is 0 Å². The van der Waals surface area contributed by atoms with Crippen LogP contribution in [0.2, 0.25) is 0 Å². The molecule has 3 heterocycles. The second-order valence-electron chi connectivity index (χ2n) is 7.59. The van der Waals surface area contributed by atoms with Gasteiger partial charge >= 0.3 is 0 Å². The van der Waals surface area contributed by atoms with Crippen LogP contribution < -0.4 is 4.90 Å². The predicted molar refractivity (Wildman–Crippen MR) is 130 cm³/mol. The topological polar surface area (TPSA) is 71.5 Å². The second-order valence-corrected chi connectivity index (χ2v) is 8.60. The number of rotatable bonds is 6. The smallest absolute Gasteiger partial charge is 0.280 e. The van der Waals surface area contributed by atoms with E-state index in [1.54, 1.807) is 11.0 Å². The maximum absolute atomic E-state index is 14.3. The Hall–Kier alpha value is -2.72. The van der Waals surface area contributed by atoms with Crippen LogP contribution in [-0.4, -0.2) is 65.2 Å². The van der Waals surface area contributed by atoms with E-state index in [1.807, 2.05) is 30.3 Å². The minimum Gasteiger partial charge on any atom is -0.379 e. The summed E-state index contributed by atoms with van der Waals surface area (Å²) in [7, 11) is 0. The maximum atomic E-state index is 14.3. The molecule has 1 saturated heterocycles. The molecule has 2 aromatic heterocycles. The number of carbonyl (C=O) groups excluding carboxylic acids is 1. The highest BCUT2D eigenvalue weighted by Crippen LogP contribution is 2.31. The molecular formula is C23H23ClFN5O2S. The Kier molecular flexibility index (Phi) is 7.44. The number of amides is 1. The molecule has 172 valence electrons. The molecule has 0 radical (unpaired) electrons. The highest BCUT2D eigenvalue weighted by atomic mass is 35.5. The molecule has 2 aromatic carbocycles. The molecule has 1 aliphatic heterocycles. The van der Waals surface area contributed by atoms with E-state index in [0.717, 1.165) is 44.8 Å². The number of aromatic nitrogens is 3. The molecule has 10 heteroatoms. The lowest BCUT2D eigenvalue weighted by molar-refractivity contribution is 0.0376. The van der Waals surface area contributed by atoms with Gasteiger partial charge in [-0.05, 0) is 30.7 Å². The second kappa shape index (κ2) is 10.5. The van der Waals surface area contributed by atoms with Gasteiger partial charge in [0.1, 0.15) is 17.0 Å². The number of benzene rings is 2. The van der Waals surface area contributed by atoms with Gasteiger partial charge in [-0.25, -0.2) is 14.4 Å². The highest BCUT2D eigenvalue weighted by molar-refractivity contribution is 7.22. The fourth-order valence-electron chi connectivity index (χ4n) is 3.78. The third-order valence-corrected chi connectivity index (χ3v) is 6.51. The summed E-state index contributed by atoms with van der Waals surface area (Å²) < 4.78 is 20.4. The van der Waals surface area contributed by atoms with E-state index >= 15 is 0 Å². The minimum atomic E-state index is -0.392. The number of halogens is 2.